The van der Waals surface area contributed by atoms with Crippen molar-refractivity contribution in [1.29, 1.82) is 0 Å². The van der Waals surface area contributed by atoms with Crippen LogP contribution in [0.1, 0.15) is 50.4 Å². The molecule has 1 amide bonds. The minimum atomic E-state index is -2.61. The van der Waals surface area contributed by atoms with Crippen molar-refractivity contribution >= 4 is 17.4 Å². The molecule has 166 valence electrons. The van der Waals surface area contributed by atoms with E-state index in [1.165, 1.54) is 12.3 Å². The maximum Gasteiger partial charge on any atom is 0.265 e. The summed E-state index contributed by atoms with van der Waals surface area (Å²) in [6.07, 6.45) is 5.09. The highest BCUT2D eigenvalue weighted by Gasteiger charge is 2.30. The number of halogens is 2. The second-order valence-corrected chi connectivity index (χ2v) is 7.97. The van der Waals surface area contributed by atoms with Crippen molar-refractivity contribution in [2.24, 2.45) is 0 Å². The number of nitrogens with one attached hydrogen (secondary N) is 1. The molecule has 9 heteroatoms. The smallest absolute Gasteiger partial charge is 0.265 e. The Labute approximate surface area is 185 Å². The van der Waals surface area contributed by atoms with Gasteiger partial charge in [0.2, 0.25) is 5.91 Å². The van der Waals surface area contributed by atoms with Gasteiger partial charge in [0.1, 0.15) is 11.6 Å². The summed E-state index contributed by atoms with van der Waals surface area (Å²) in [5, 5.41) is 3.08. The molecule has 0 aromatic carbocycles. The number of piperidine rings is 1. The Bertz CT molecular complexity index is 1090. The van der Waals surface area contributed by atoms with Gasteiger partial charge in [-0.3, -0.25) is 14.8 Å². The Morgan fingerprint density at radius 3 is 2.72 bits per heavy atom. The second kappa shape index (κ2) is 9.33. The molecule has 1 aliphatic rings. The molecule has 3 aromatic heterocycles. The number of carbonyl (C=O) groups is 1. The lowest BCUT2D eigenvalue weighted by Gasteiger charge is -2.37. The van der Waals surface area contributed by atoms with E-state index in [0.29, 0.717) is 29.6 Å². The number of hydrogen-bond donors (Lipinski definition) is 1. The first-order valence-corrected chi connectivity index (χ1v) is 10.5. The van der Waals surface area contributed by atoms with E-state index in [-0.39, 0.29) is 23.4 Å². The monoisotopic (exact) mass is 438 g/mol. The van der Waals surface area contributed by atoms with Gasteiger partial charge in [-0.15, -0.1) is 0 Å². The summed E-state index contributed by atoms with van der Waals surface area (Å²) in [4.78, 5) is 31.4. The topological polar surface area (TPSA) is 83.9 Å². The van der Waals surface area contributed by atoms with Crippen LogP contribution in [-0.4, -0.2) is 43.3 Å². The Morgan fingerprint density at radius 2 is 2.00 bits per heavy atom. The fourth-order valence-electron chi connectivity index (χ4n) is 3.92. The van der Waals surface area contributed by atoms with Crippen LogP contribution in [0, 0.1) is 0 Å². The van der Waals surface area contributed by atoms with Crippen molar-refractivity contribution in [3.63, 3.8) is 0 Å². The summed E-state index contributed by atoms with van der Waals surface area (Å²) < 4.78 is 26.2. The van der Waals surface area contributed by atoms with E-state index in [9.17, 15) is 13.6 Å². The second-order valence-electron chi connectivity index (χ2n) is 7.97. The molecule has 3 aromatic rings. The van der Waals surface area contributed by atoms with Crippen molar-refractivity contribution in [2.75, 3.05) is 11.9 Å². The molecule has 4 heterocycles. The average Bonchev–Trinajstić information content (AvgIpc) is 2.79. The molecule has 1 fully saturated rings. The third-order valence-electron chi connectivity index (χ3n) is 5.64. The predicted molar refractivity (Wildman–Crippen MR) is 117 cm³/mol. The third kappa shape index (κ3) is 4.87. The molecule has 0 aliphatic carbocycles. The first kappa shape index (κ1) is 21.7. The van der Waals surface area contributed by atoms with Gasteiger partial charge in [0.15, 0.2) is 0 Å². The van der Waals surface area contributed by atoms with Crippen LogP contribution in [0.3, 0.4) is 0 Å². The first-order valence-electron chi connectivity index (χ1n) is 10.5. The molecular formula is C23H24F2N6O. The van der Waals surface area contributed by atoms with Gasteiger partial charge in [-0.05, 0) is 38.0 Å². The zero-order valence-corrected chi connectivity index (χ0v) is 17.9. The number of hydrogen-bond acceptors (Lipinski definition) is 6. The summed E-state index contributed by atoms with van der Waals surface area (Å²) >= 11 is 0. The average molecular weight is 438 g/mol. The molecule has 0 saturated carbocycles. The fourth-order valence-corrected chi connectivity index (χ4v) is 3.92. The van der Waals surface area contributed by atoms with Gasteiger partial charge >= 0.3 is 0 Å². The lowest BCUT2D eigenvalue weighted by molar-refractivity contribution is -0.132. The summed E-state index contributed by atoms with van der Waals surface area (Å²) in [6.45, 7) is 4.15. The van der Waals surface area contributed by atoms with Gasteiger partial charge in [-0.25, -0.2) is 18.7 Å². The minimum absolute atomic E-state index is 0.0267. The van der Waals surface area contributed by atoms with Crippen LogP contribution < -0.4 is 5.32 Å². The van der Waals surface area contributed by atoms with Gasteiger partial charge in [0.05, 0.1) is 17.6 Å². The largest absolute Gasteiger partial charge is 0.340 e. The molecule has 4 rings (SSSR count). The third-order valence-corrected chi connectivity index (χ3v) is 5.64. The van der Waals surface area contributed by atoms with Crippen LogP contribution >= 0.6 is 0 Å². The quantitative estimate of drug-likeness (QED) is 0.620. The maximum absolute atomic E-state index is 13.1. The number of rotatable bonds is 5. The summed E-state index contributed by atoms with van der Waals surface area (Å²) in [5.74, 6) is 1.07. The lowest BCUT2D eigenvalue weighted by atomic mass is 9.92. The normalized spacial score (nSPS) is 18.6. The zero-order valence-electron chi connectivity index (χ0n) is 17.9. The molecule has 32 heavy (non-hydrogen) atoms. The van der Waals surface area contributed by atoms with E-state index in [1.54, 1.807) is 25.4 Å². The number of aromatic nitrogens is 4. The van der Waals surface area contributed by atoms with Crippen molar-refractivity contribution in [3.8, 4) is 11.3 Å². The van der Waals surface area contributed by atoms with Gasteiger partial charge < -0.3 is 10.2 Å². The maximum atomic E-state index is 13.1. The fraction of sp³-hybridized carbons (Fsp3) is 0.348. The SMILES string of the molecule is CC(=O)N1C[C@H](c2nc(Nc3cncc(C(F)F)c3)cc(-c3cccnc3)n2)CC[C@@H]1C. The number of pyridine rings is 2. The highest BCUT2D eigenvalue weighted by molar-refractivity contribution is 5.73. The zero-order chi connectivity index (χ0) is 22.7. The van der Waals surface area contributed by atoms with Crippen molar-refractivity contribution in [3.05, 3.63) is 60.4 Å². The number of anilines is 2. The van der Waals surface area contributed by atoms with Gasteiger partial charge in [-0.1, -0.05) is 0 Å². The molecular weight excluding hydrogens is 414 g/mol. The first-order chi connectivity index (χ1) is 15.4. The molecule has 0 bridgehead atoms. The van der Waals surface area contributed by atoms with Crippen molar-refractivity contribution in [1.82, 2.24) is 24.8 Å². The van der Waals surface area contributed by atoms with Crippen LogP contribution in [0.15, 0.2) is 49.1 Å². The van der Waals surface area contributed by atoms with E-state index >= 15 is 0 Å². The highest BCUT2D eigenvalue weighted by atomic mass is 19.3. The van der Waals surface area contributed by atoms with E-state index in [4.69, 9.17) is 4.98 Å². The minimum Gasteiger partial charge on any atom is -0.340 e. The lowest BCUT2D eigenvalue weighted by Crippen LogP contribution is -2.44. The summed E-state index contributed by atoms with van der Waals surface area (Å²) in [6, 6.07) is 6.99. The van der Waals surface area contributed by atoms with Crippen LogP contribution in [0.5, 0.6) is 0 Å². The number of amides is 1. The Hall–Kier alpha value is -3.49. The number of carbonyl (C=O) groups excluding carboxylic acids is 1. The van der Waals surface area contributed by atoms with Crippen LogP contribution in [0.4, 0.5) is 20.3 Å². The molecule has 1 N–H and O–H groups in total. The van der Waals surface area contributed by atoms with E-state index in [2.05, 4.69) is 20.3 Å². The molecule has 7 nitrogen and oxygen atoms in total. The van der Waals surface area contributed by atoms with Crippen molar-refractivity contribution < 1.29 is 13.6 Å². The van der Waals surface area contributed by atoms with Gasteiger partial charge in [0.25, 0.3) is 6.43 Å². The summed E-state index contributed by atoms with van der Waals surface area (Å²) in [5.41, 5.74) is 1.71. The molecule has 0 spiro atoms. The highest BCUT2D eigenvalue weighted by Crippen LogP contribution is 2.31. The molecule has 0 unspecified atom stereocenters. The molecule has 1 saturated heterocycles. The van der Waals surface area contributed by atoms with Gasteiger partial charge in [-0.2, -0.15) is 0 Å². The van der Waals surface area contributed by atoms with Crippen LogP contribution in [0.2, 0.25) is 0 Å². The van der Waals surface area contributed by atoms with E-state index in [0.717, 1.165) is 24.6 Å². The standard InChI is InChI=1S/C23H24F2N6O/c1-14-5-6-17(13-31(14)15(2)32)23-29-20(16-4-3-7-26-10-16)9-21(30-23)28-19-8-18(22(24)25)11-27-12-19/h3-4,7-12,14,17,22H,5-6,13H2,1-2H3,(H,28,29,30)/t14-,17+/m0/s1. The predicted octanol–water partition coefficient (Wildman–Crippen LogP) is 4.73. The Balaban J connectivity index is 1.70. The molecule has 2 atom stereocenters. The van der Waals surface area contributed by atoms with Crippen molar-refractivity contribution in [2.45, 2.75) is 45.1 Å². The number of likely N-dealkylation sites (tertiary alicyclic amines) is 1. The van der Waals surface area contributed by atoms with Crippen LogP contribution in [0.25, 0.3) is 11.3 Å². The summed E-state index contributed by atoms with van der Waals surface area (Å²) in [7, 11) is 0. The molecule has 1 aliphatic heterocycles. The number of nitrogens with zero attached hydrogens (tertiary/aromatic N) is 5. The van der Waals surface area contributed by atoms with E-state index in [1.807, 2.05) is 24.0 Å². The Kier molecular flexibility index (Phi) is 6.34. The number of alkyl halides is 2. The van der Waals surface area contributed by atoms with Crippen LogP contribution in [-0.2, 0) is 4.79 Å². The Morgan fingerprint density at radius 1 is 1.16 bits per heavy atom. The van der Waals surface area contributed by atoms with Gasteiger partial charge in [0, 0.05) is 61.2 Å². The van der Waals surface area contributed by atoms with E-state index < -0.39 is 6.43 Å². The molecule has 0 radical (unpaired) electrons.